The summed E-state index contributed by atoms with van der Waals surface area (Å²) in [6.45, 7) is 5.25. The number of benzene rings is 1. The molecular formula is C34H34N4O5S. The molecule has 2 saturated heterocycles. The Morgan fingerprint density at radius 1 is 1.09 bits per heavy atom. The number of Topliss-reactive ketones (excluding diaryl/α,β-unsaturated/α-hetero) is 1. The molecule has 2 spiro atoms. The van der Waals surface area contributed by atoms with Crippen LogP contribution in [0.15, 0.2) is 76.8 Å². The molecule has 3 atom stereocenters. The first-order valence-electron chi connectivity index (χ1n) is 15.1. The Kier molecular flexibility index (Phi) is 7.29. The number of aromatic nitrogens is 1. The van der Waals surface area contributed by atoms with Crippen LogP contribution in [0.25, 0.3) is 0 Å². The minimum Gasteiger partial charge on any atom is -0.477 e. The highest BCUT2D eigenvalue weighted by atomic mass is 32.2. The third-order valence-electron chi connectivity index (χ3n) is 9.43. The summed E-state index contributed by atoms with van der Waals surface area (Å²) >= 11 is 1.31. The maximum atomic E-state index is 13.6. The van der Waals surface area contributed by atoms with E-state index in [-0.39, 0.29) is 23.0 Å². The fraction of sp³-hybridized carbons (Fsp3) is 0.382. The van der Waals surface area contributed by atoms with Crippen molar-refractivity contribution in [2.24, 2.45) is 16.3 Å². The Balaban J connectivity index is 1.05. The predicted octanol–water partition coefficient (Wildman–Crippen LogP) is 5.24. The molecule has 2 fully saturated rings. The Morgan fingerprint density at radius 3 is 2.61 bits per heavy atom. The highest BCUT2D eigenvalue weighted by molar-refractivity contribution is 8.06. The van der Waals surface area contributed by atoms with Crippen LogP contribution in [-0.4, -0.2) is 70.6 Å². The molecule has 1 aromatic carbocycles. The number of ether oxygens (including phenoxy) is 1. The number of rotatable bonds is 6. The van der Waals surface area contributed by atoms with E-state index in [9.17, 15) is 19.5 Å². The van der Waals surface area contributed by atoms with Gasteiger partial charge in [0.05, 0.1) is 20.9 Å². The van der Waals surface area contributed by atoms with Crippen LogP contribution < -0.4 is 10.2 Å². The number of carboxylic acid groups (broad SMARTS) is 1. The van der Waals surface area contributed by atoms with Crippen LogP contribution in [0.2, 0.25) is 0 Å². The zero-order valence-electron chi connectivity index (χ0n) is 24.5. The summed E-state index contributed by atoms with van der Waals surface area (Å²) < 4.78 is 4.96. The van der Waals surface area contributed by atoms with Gasteiger partial charge in [0.1, 0.15) is 11.9 Å². The third-order valence-corrected chi connectivity index (χ3v) is 10.9. The molecule has 2 aromatic rings. The molecule has 0 radical (unpaired) electrons. The van der Waals surface area contributed by atoms with Gasteiger partial charge in [0.2, 0.25) is 0 Å². The number of ketones is 1. The first-order valence-corrected chi connectivity index (χ1v) is 15.9. The molecule has 226 valence electrons. The summed E-state index contributed by atoms with van der Waals surface area (Å²) in [5, 5.41) is 12.6. The van der Waals surface area contributed by atoms with E-state index in [0.717, 1.165) is 50.4 Å². The van der Waals surface area contributed by atoms with Crippen molar-refractivity contribution < 1.29 is 24.2 Å². The summed E-state index contributed by atoms with van der Waals surface area (Å²) in [7, 11) is 0. The van der Waals surface area contributed by atoms with Gasteiger partial charge < -0.3 is 20.1 Å². The number of hydrogen-bond donors (Lipinski definition) is 2. The number of nitrogens with zero attached hydrogens (tertiary/aromatic N) is 3. The minimum atomic E-state index is -0.932. The van der Waals surface area contributed by atoms with Gasteiger partial charge in [-0.2, -0.15) is 0 Å². The lowest BCUT2D eigenvalue weighted by molar-refractivity contribution is -0.131. The van der Waals surface area contributed by atoms with E-state index in [0.29, 0.717) is 40.4 Å². The molecule has 2 N–H and O–H groups in total. The Labute approximate surface area is 260 Å². The highest BCUT2D eigenvalue weighted by Gasteiger charge is 2.49. The number of amides is 1. The van der Waals surface area contributed by atoms with E-state index in [2.05, 4.69) is 15.2 Å². The van der Waals surface area contributed by atoms with Gasteiger partial charge >= 0.3 is 5.97 Å². The first kappa shape index (κ1) is 28.7. The van der Waals surface area contributed by atoms with Crippen LogP contribution >= 0.6 is 11.8 Å². The van der Waals surface area contributed by atoms with Crippen LogP contribution in [0.3, 0.4) is 0 Å². The van der Waals surface area contributed by atoms with Crippen molar-refractivity contribution in [3.8, 4) is 0 Å². The molecule has 5 aliphatic rings. The van der Waals surface area contributed by atoms with Crippen molar-refractivity contribution in [2.75, 3.05) is 36.5 Å². The number of anilines is 2. The van der Waals surface area contributed by atoms with E-state index in [1.807, 2.05) is 43.4 Å². The van der Waals surface area contributed by atoms with Gasteiger partial charge in [-0.15, -0.1) is 11.8 Å². The van der Waals surface area contributed by atoms with E-state index >= 15 is 0 Å². The van der Waals surface area contributed by atoms with Crippen LogP contribution in [0.5, 0.6) is 0 Å². The van der Waals surface area contributed by atoms with Crippen molar-refractivity contribution in [3.05, 3.63) is 88.5 Å². The molecular weight excluding hydrogens is 576 g/mol. The molecule has 5 heterocycles. The first-order chi connectivity index (χ1) is 21.3. The predicted molar refractivity (Wildman–Crippen MR) is 171 cm³/mol. The molecule has 0 saturated carbocycles. The monoisotopic (exact) mass is 610 g/mol. The van der Waals surface area contributed by atoms with Gasteiger partial charge in [0.15, 0.2) is 5.78 Å². The fourth-order valence-electron chi connectivity index (χ4n) is 7.00. The zero-order chi connectivity index (χ0) is 30.5. The smallest absolute Gasteiger partial charge is 0.341 e. The number of carboxylic acids is 1. The van der Waals surface area contributed by atoms with Crippen molar-refractivity contribution >= 4 is 46.6 Å². The fourth-order valence-corrected chi connectivity index (χ4v) is 8.39. The van der Waals surface area contributed by atoms with Gasteiger partial charge in [0.25, 0.3) is 5.91 Å². The Morgan fingerprint density at radius 2 is 1.86 bits per heavy atom. The van der Waals surface area contributed by atoms with Crippen molar-refractivity contribution in [3.63, 3.8) is 0 Å². The second-order valence-electron chi connectivity index (χ2n) is 12.4. The van der Waals surface area contributed by atoms with Crippen molar-refractivity contribution in [1.29, 1.82) is 0 Å². The maximum absolute atomic E-state index is 13.6. The van der Waals surface area contributed by atoms with E-state index in [1.165, 1.54) is 11.8 Å². The summed E-state index contributed by atoms with van der Waals surface area (Å²) in [4.78, 5) is 50.8. The zero-order valence-corrected chi connectivity index (χ0v) is 25.3. The van der Waals surface area contributed by atoms with E-state index in [4.69, 9.17) is 9.73 Å². The highest BCUT2D eigenvalue weighted by Crippen LogP contribution is 2.52. The molecule has 1 aromatic heterocycles. The number of thioether (sulfide) groups is 1. The molecule has 9 nitrogen and oxygen atoms in total. The summed E-state index contributed by atoms with van der Waals surface area (Å²) in [5.74, 6) is -0.613. The van der Waals surface area contributed by atoms with Gasteiger partial charge in [-0.25, -0.2) is 9.78 Å². The van der Waals surface area contributed by atoms with Gasteiger partial charge in [-0.1, -0.05) is 24.3 Å². The molecule has 1 amide bonds. The number of pyridine rings is 1. The Hall–Kier alpha value is -4.02. The lowest BCUT2D eigenvalue weighted by Crippen LogP contribution is -2.59. The van der Waals surface area contributed by atoms with Crippen LogP contribution in [0.1, 0.15) is 52.0 Å². The average Bonchev–Trinajstić information content (AvgIpc) is 3.30. The van der Waals surface area contributed by atoms with Crippen LogP contribution in [0, 0.1) is 18.3 Å². The van der Waals surface area contributed by atoms with E-state index < -0.39 is 16.8 Å². The van der Waals surface area contributed by atoms with Crippen molar-refractivity contribution in [2.45, 2.75) is 43.4 Å². The standard InChI is InChI=1S/C34H34N4O5S/c1-21-16-25(30(35-18-21)38-19-33(20-38)12-14-43-15-13-33)31(40)36-24-8-5-22(6-9-24)29(39)26-10-7-23-17-27(32(41)42)44-34(23)11-3-2-4-28(34)37-26/h2-6,8-9,11,16-18,23,26H,7,10,12-15,19-20H2,1H3,(H,36,40)(H,41,42). The lowest BCUT2D eigenvalue weighted by atomic mass is 9.73. The number of hydrogen-bond acceptors (Lipinski definition) is 8. The number of nitrogens with one attached hydrogen (secondary N) is 1. The molecule has 3 unspecified atom stereocenters. The van der Waals surface area contributed by atoms with Gasteiger partial charge in [-0.05, 0) is 74.6 Å². The number of carbonyl (C=O) groups excluding carboxylic acids is 2. The maximum Gasteiger partial charge on any atom is 0.341 e. The lowest BCUT2D eigenvalue weighted by Gasteiger charge is -2.53. The van der Waals surface area contributed by atoms with E-state index in [1.54, 1.807) is 30.5 Å². The number of aliphatic carboxylic acids is 1. The molecule has 1 aliphatic carbocycles. The van der Waals surface area contributed by atoms with Crippen LogP contribution in [-0.2, 0) is 9.53 Å². The summed E-state index contributed by atoms with van der Waals surface area (Å²) in [5.41, 5.74) is 3.54. The molecule has 0 bridgehead atoms. The second-order valence-corrected chi connectivity index (χ2v) is 13.7. The van der Waals surface area contributed by atoms with Crippen molar-refractivity contribution in [1.82, 2.24) is 4.98 Å². The Bertz CT molecular complexity index is 1650. The SMILES string of the molecule is Cc1cnc(N2CC3(CCOCC3)C2)c(C(=O)Nc2ccc(C(=O)C3CCC4C=C(C(=O)O)SC45C=CC=CC5=N3)cc2)c1. The van der Waals surface area contributed by atoms with Gasteiger partial charge in [-0.3, -0.25) is 14.6 Å². The average molecular weight is 611 g/mol. The molecule has 4 aliphatic heterocycles. The second kappa shape index (κ2) is 11.2. The molecule has 7 rings (SSSR count). The normalized spacial score (nSPS) is 26.5. The number of aryl methyl sites for hydroxylation is 1. The largest absolute Gasteiger partial charge is 0.477 e. The third kappa shape index (κ3) is 5.09. The number of aliphatic imine (C=N–C) groups is 1. The topological polar surface area (TPSA) is 121 Å². The quantitative estimate of drug-likeness (QED) is 0.426. The summed E-state index contributed by atoms with van der Waals surface area (Å²) in [6, 6.07) is 8.26. The number of carbonyl (C=O) groups is 3. The summed E-state index contributed by atoms with van der Waals surface area (Å²) in [6.07, 6.45) is 14.6. The number of allylic oxidation sites excluding steroid dienone is 4. The molecule has 10 heteroatoms. The van der Waals surface area contributed by atoms with Gasteiger partial charge in [0, 0.05) is 55.1 Å². The minimum absolute atomic E-state index is 0.0478. The molecule has 44 heavy (non-hydrogen) atoms. The van der Waals surface area contributed by atoms with Crippen LogP contribution in [0.4, 0.5) is 11.5 Å².